The van der Waals surface area contributed by atoms with Crippen LogP contribution >= 0.6 is 0 Å². The van der Waals surface area contributed by atoms with Crippen LogP contribution in [0.5, 0.6) is 0 Å². The van der Waals surface area contributed by atoms with Crippen LogP contribution in [0.3, 0.4) is 0 Å². The smallest absolute Gasteiger partial charge is 0.0862 e. The summed E-state index contributed by atoms with van der Waals surface area (Å²) in [6.07, 6.45) is 9.15. The van der Waals surface area contributed by atoms with Crippen molar-refractivity contribution < 1.29 is 0 Å². The molecule has 0 radical (unpaired) electrons. The first-order valence-electron chi connectivity index (χ1n) is 11.0. The van der Waals surface area contributed by atoms with Crippen molar-refractivity contribution in [3.05, 3.63) is 54.1 Å². The Morgan fingerprint density at radius 2 is 1.82 bits per heavy atom. The monoisotopic (exact) mass is 373 g/mol. The summed E-state index contributed by atoms with van der Waals surface area (Å²) >= 11 is 0. The third kappa shape index (κ3) is 3.01. The van der Waals surface area contributed by atoms with Crippen LogP contribution in [0.25, 0.3) is 0 Å². The van der Waals surface area contributed by atoms with E-state index in [1.54, 1.807) is 0 Å². The van der Waals surface area contributed by atoms with E-state index in [0.29, 0.717) is 5.92 Å². The molecule has 1 spiro atoms. The number of nitrogens with zero attached hydrogens (tertiary/aromatic N) is 2. The van der Waals surface area contributed by atoms with Gasteiger partial charge in [-0.05, 0) is 63.3 Å². The molecular weight excluding hydrogens is 342 g/mol. The molecule has 2 aromatic carbocycles. The summed E-state index contributed by atoms with van der Waals surface area (Å²) in [6, 6.07) is 17.6. The molecule has 3 nitrogen and oxygen atoms in total. The van der Waals surface area contributed by atoms with Gasteiger partial charge in [-0.3, -0.25) is 4.99 Å². The van der Waals surface area contributed by atoms with Gasteiger partial charge in [-0.25, -0.2) is 0 Å². The minimum absolute atomic E-state index is 0.275. The second-order valence-corrected chi connectivity index (χ2v) is 8.79. The van der Waals surface area contributed by atoms with E-state index in [4.69, 9.17) is 4.99 Å². The SMILES string of the molecule is Cc1ccc(NCCN2c3ccccc3N=C3CCCC3C23CCCC3)cc1. The summed E-state index contributed by atoms with van der Waals surface area (Å²) in [5.74, 6) is 0.641. The van der Waals surface area contributed by atoms with Gasteiger partial charge < -0.3 is 10.2 Å². The Hall–Kier alpha value is -2.29. The Labute approximate surface area is 168 Å². The van der Waals surface area contributed by atoms with Gasteiger partial charge in [0.1, 0.15) is 0 Å². The van der Waals surface area contributed by atoms with E-state index >= 15 is 0 Å². The van der Waals surface area contributed by atoms with Gasteiger partial charge in [-0.15, -0.1) is 0 Å². The number of aryl methyl sites for hydroxylation is 1. The number of benzene rings is 2. The number of nitrogens with one attached hydrogen (secondary N) is 1. The number of anilines is 2. The molecule has 0 saturated heterocycles. The van der Waals surface area contributed by atoms with Crippen molar-refractivity contribution in [1.29, 1.82) is 0 Å². The van der Waals surface area contributed by atoms with Crippen LogP contribution in [0.1, 0.15) is 50.5 Å². The van der Waals surface area contributed by atoms with Gasteiger partial charge in [-0.1, -0.05) is 42.7 Å². The fraction of sp³-hybridized carbons (Fsp3) is 0.480. The summed E-state index contributed by atoms with van der Waals surface area (Å²) in [7, 11) is 0. The standard InChI is InChI=1S/C25H31N3/c1-19-11-13-20(14-12-19)26-17-18-28-24-10-3-2-8-23(24)27-22-9-6-7-21(22)25(28)15-4-5-16-25/h2-3,8,10-14,21,26H,4-7,9,15-18H2,1H3. The molecule has 2 saturated carbocycles. The predicted octanol–water partition coefficient (Wildman–Crippen LogP) is 6.11. The normalized spacial score (nSPS) is 22.5. The maximum atomic E-state index is 5.20. The van der Waals surface area contributed by atoms with Crippen molar-refractivity contribution >= 4 is 22.8 Å². The Balaban J connectivity index is 1.46. The molecule has 1 heterocycles. The van der Waals surface area contributed by atoms with Crippen LogP contribution in [0.4, 0.5) is 17.1 Å². The highest BCUT2D eigenvalue weighted by molar-refractivity contribution is 5.95. The third-order valence-electron chi connectivity index (χ3n) is 7.14. The lowest BCUT2D eigenvalue weighted by atomic mass is 9.78. The molecule has 146 valence electrons. The van der Waals surface area contributed by atoms with Crippen LogP contribution in [0, 0.1) is 12.8 Å². The lowest BCUT2D eigenvalue weighted by molar-refractivity contribution is 0.316. The molecular formula is C25H31N3. The predicted molar refractivity (Wildman–Crippen MR) is 119 cm³/mol. The van der Waals surface area contributed by atoms with E-state index in [0.717, 1.165) is 13.1 Å². The summed E-state index contributed by atoms with van der Waals surface area (Å²) in [5.41, 5.74) is 6.80. The number of hydrogen-bond acceptors (Lipinski definition) is 3. The molecule has 3 heteroatoms. The Morgan fingerprint density at radius 3 is 2.64 bits per heavy atom. The van der Waals surface area contributed by atoms with Gasteiger partial charge in [0.05, 0.1) is 11.4 Å². The van der Waals surface area contributed by atoms with Gasteiger partial charge in [0, 0.05) is 35.9 Å². The summed E-state index contributed by atoms with van der Waals surface area (Å²) in [5, 5.41) is 3.66. The fourth-order valence-electron chi connectivity index (χ4n) is 5.84. The summed E-state index contributed by atoms with van der Waals surface area (Å²) < 4.78 is 0. The molecule has 2 aliphatic carbocycles. The van der Waals surface area contributed by atoms with Crippen LogP contribution in [-0.2, 0) is 0 Å². The van der Waals surface area contributed by atoms with E-state index in [-0.39, 0.29) is 5.54 Å². The fourth-order valence-corrected chi connectivity index (χ4v) is 5.84. The molecule has 3 aliphatic rings. The molecule has 0 aromatic heterocycles. The number of para-hydroxylation sites is 2. The average Bonchev–Trinajstić information content (AvgIpc) is 3.36. The molecule has 2 aromatic rings. The molecule has 5 rings (SSSR count). The van der Waals surface area contributed by atoms with Gasteiger partial charge in [0.25, 0.3) is 0 Å². The van der Waals surface area contributed by atoms with E-state index in [1.807, 2.05) is 0 Å². The van der Waals surface area contributed by atoms with E-state index in [2.05, 4.69) is 65.7 Å². The third-order valence-corrected chi connectivity index (χ3v) is 7.14. The highest BCUT2D eigenvalue weighted by Crippen LogP contribution is 2.52. The van der Waals surface area contributed by atoms with Crippen molar-refractivity contribution in [2.24, 2.45) is 10.9 Å². The maximum absolute atomic E-state index is 5.20. The highest BCUT2D eigenvalue weighted by atomic mass is 15.2. The summed E-state index contributed by atoms with van der Waals surface area (Å²) in [6.45, 7) is 4.13. The highest BCUT2D eigenvalue weighted by Gasteiger charge is 2.50. The molecule has 0 amide bonds. The Bertz CT molecular complexity index is 862. The zero-order valence-electron chi connectivity index (χ0n) is 17.0. The number of rotatable bonds is 4. The van der Waals surface area contributed by atoms with Gasteiger partial charge in [0.2, 0.25) is 0 Å². The topological polar surface area (TPSA) is 27.6 Å². The molecule has 28 heavy (non-hydrogen) atoms. The lowest BCUT2D eigenvalue weighted by Gasteiger charge is -2.46. The van der Waals surface area contributed by atoms with E-state index in [9.17, 15) is 0 Å². The molecule has 0 bridgehead atoms. The molecule has 1 aliphatic heterocycles. The van der Waals surface area contributed by atoms with Crippen LogP contribution in [-0.4, -0.2) is 24.3 Å². The van der Waals surface area contributed by atoms with Crippen LogP contribution in [0.15, 0.2) is 53.5 Å². The van der Waals surface area contributed by atoms with Crippen LogP contribution in [0.2, 0.25) is 0 Å². The first kappa shape index (κ1) is 17.8. The van der Waals surface area contributed by atoms with E-state index in [1.165, 1.54) is 73.3 Å². The zero-order chi connectivity index (χ0) is 19.0. The largest absolute Gasteiger partial charge is 0.383 e. The maximum Gasteiger partial charge on any atom is 0.0862 e. The van der Waals surface area contributed by atoms with Crippen molar-refractivity contribution in [3.63, 3.8) is 0 Å². The zero-order valence-corrected chi connectivity index (χ0v) is 17.0. The van der Waals surface area contributed by atoms with Gasteiger partial charge in [0.15, 0.2) is 0 Å². The second kappa shape index (κ2) is 7.27. The lowest BCUT2D eigenvalue weighted by Crippen LogP contribution is -2.54. The van der Waals surface area contributed by atoms with E-state index < -0.39 is 0 Å². The number of fused-ring (bicyclic) bond motifs is 3. The number of aliphatic imine (C=N–C) groups is 1. The Kier molecular flexibility index (Phi) is 4.62. The number of hydrogen-bond donors (Lipinski definition) is 1. The van der Waals surface area contributed by atoms with Crippen LogP contribution < -0.4 is 10.2 Å². The second-order valence-electron chi connectivity index (χ2n) is 8.79. The minimum atomic E-state index is 0.275. The first-order chi connectivity index (χ1) is 13.8. The molecule has 2 fully saturated rings. The Morgan fingerprint density at radius 1 is 1.04 bits per heavy atom. The van der Waals surface area contributed by atoms with Crippen molar-refractivity contribution in [2.75, 3.05) is 23.3 Å². The van der Waals surface area contributed by atoms with Crippen molar-refractivity contribution in [2.45, 2.75) is 57.4 Å². The first-order valence-corrected chi connectivity index (χ1v) is 11.0. The van der Waals surface area contributed by atoms with Gasteiger partial charge >= 0.3 is 0 Å². The van der Waals surface area contributed by atoms with Crippen molar-refractivity contribution in [3.8, 4) is 0 Å². The average molecular weight is 374 g/mol. The molecule has 1 N–H and O–H groups in total. The quantitative estimate of drug-likeness (QED) is 0.700. The molecule has 1 atom stereocenters. The summed E-state index contributed by atoms with van der Waals surface area (Å²) in [4.78, 5) is 7.95. The minimum Gasteiger partial charge on any atom is -0.383 e. The van der Waals surface area contributed by atoms with Crippen molar-refractivity contribution in [1.82, 2.24) is 0 Å². The van der Waals surface area contributed by atoms with Gasteiger partial charge in [-0.2, -0.15) is 0 Å². The molecule has 1 unspecified atom stereocenters.